The highest BCUT2D eigenvalue weighted by molar-refractivity contribution is 5.95. The van der Waals surface area contributed by atoms with E-state index in [2.05, 4.69) is 15.3 Å². The topological polar surface area (TPSA) is 82.6 Å². The Morgan fingerprint density at radius 2 is 1.93 bits per heavy atom. The van der Waals surface area contributed by atoms with Gasteiger partial charge in [0.2, 0.25) is 5.91 Å². The predicted molar refractivity (Wildman–Crippen MR) is 113 cm³/mol. The van der Waals surface area contributed by atoms with Gasteiger partial charge in [0.25, 0.3) is 0 Å². The second kappa shape index (κ2) is 8.82. The van der Waals surface area contributed by atoms with Crippen LogP contribution in [-0.4, -0.2) is 30.1 Å². The third-order valence-corrected chi connectivity index (χ3v) is 4.98. The largest absolute Gasteiger partial charge is 0.493 e. The maximum atomic E-state index is 12.4. The van der Waals surface area contributed by atoms with Crippen LogP contribution in [0, 0.1) is 5.92 Å². The minimum atomic E-state index is 0.0437. The molecular formula is C23H23N3O4. The van der Waals surface area contributed by atoms with Crippen LogP contribution >= 0.6 is 0 Å². The van der Waals surface area contributed by atoms with Crippen LogP contribution < -0.4 is 19.5 Å². The summed E-state index contributed by atoms with van der Waals surface area (Å²) in [5.41, 5.74) is 3.22. The van der Waals surface area contributed by atoms with Crippen molar-refractivity contribution >= 4 is 11.6 Å². The van der Waals surface area contributed by atoms with Crippen molar-refractivity contribution < 1.29 is 19.0 Å². The van der Waals surface area contributed by atoms with Crippen LogP contribution in [0.25, 0.3) is 11.3 Å². The summed E-state index contributed by atoms with van der Waals surface area (Å²) in [6.45, 7) is 0.246. The summed E-state index contributed by atoms with van der Waals surface area (Å²) in [5.74, 6) is 1.99. The third-order valence-electron chi connectivity index (χ3n) is 4.98. The molecule has 7 heteroatoms. The molecule has 1 N–H and O–H groups in total. The first kappa shape index (κ1) is 19.7. The molecule has 0 saturated heterocycles. The van der Waals surface area contributed by atoms with Gasteiger partial charge in [-0.3, -0.25) is 4.79 Å². The van der Waals surface area contributed by atoms with Gasteiger partial charge in [-0.1, -0.05) is 12.1 Å². The molecule has 1 aliphatic rings. The van der Waals surface area contributed by atoms with E-state index in [1.165, 1.54) is 6.33 Å². The minimum absolute atomic E-state index is 0.0437. The van der Waals surface area contributed by atoms with Gasteiger partial charge in [0.1, 0.15) is 18.7 Å². The Hall–Kier alpha value is -3.61. The molecule has 2 aromatic carbocycles. The van der Waals surface area contributed by atoms with Gasteiger partial charge in [-0.25, -0.2) is 9.97 Å². The van der Waals surface area contributed by atoms with Gasteiger partial charge in [-0.05, 0) is 37.1 Å². The lowest BCUT2D eigenvalue weighted by atomic mass is 10.0. The molecule has 0 aliphatic heterocycles. The average molecular weight is 405 g/mol. The van der Waals surface area contributed by atoms with Gasteiger partial charge < -0.3 is 19.5 Å². The van der Waals surface area contributed by atoms with Gasteiger partial charge in [0.05, 0.1) is 19.9 Å². The lowest BCUT2D eigenvalue weighted by molar-refractivity contribution is -0.117. The number of anilines is 1. The van der Waals surface area contributed by atoms with E-state index in [4.69, 9.17) is 14.2 Å². The van der Waals surface area contributed by atoms with E-state index in [1.54, 1.807) is 32.5 Å². The molecule has 0 radical (unpaired) electrons. The van der Waals surface area contributed by atoms with Gasteiger partial charge >= 0.3 is 0 Å². The second-order valence-corrected chi connectivity index (χ2v) is 7.00. The summed E-state index contributed by atoms with van der Waals surface area (Å²) in [6, 6.07) is 13.0. The number of rotatable bonds is 8. The number of hydrogen-bond donors (Lipinski definition) is 1. The van der Waals surface area contributed by atoms with Crippen molar-refractivity contribution in [2.75, 3.05) is 19.5 Å². The molecule has 1 saturated carbocycles. The lowest BCUT2D eigenvalue weighted by Crippen LogP contribution is -2.15. The van der Waals surface area contributed by atoms with Crippen LogP contribution in [0.1, 0.15) is 18.4 Å². The fraction of sp³-hybridized carbons (Fsp3) is 0.261. The lowest BCUT2D eigenvalue weighted by Gasteiger charge is -2.17. The minimum Gasteiger partial charge on any atom is -0.493 e. The second-order valence-electron chi connectivity index (χ2n) is 7.00. The molecule has 4 rings (SSSR count). The van der Waals surface area contributed by atoms with Crippen LogP contribution in [0.15, 0.2) is 55.0 Å². The van der Waals surface area contributed by atoms with Crippen molar-refractivity contribution in [1.82, 2.24) is 9.97 Å². The smallest absolute Gasteiger partial charge is 0.227 e. The number of carbonyl (C=O) groups is 1. The number of ether oxygens (including phenoxy) is 3. The summed E-state index contributed by atoms with van der Waals surface area (Å²) < 4.78 is 16.7. The Bertz CT molecular complexity index is 1040. The molecule has 1 fully saturated rings. The number of hydrogen-bond acceptors (Lipinski definition) is 6. The normalized spacial score (nSPS) is 12.9. The summed E-state index contributed by atoms with van der Waals surface area (Å²) in [5, 5.41) is 3.05. The average Bonchev–Trinajstić information content (AvgIpc) is 3.64. The molecule has 1 aromatic heterocycles. The number of benzene rings is 2. The maximum absolute atomic E-state index is 12.4. The fourth-order valence-corrected chi connectivity index (χ4v) is 3.19. The van der Waals surface area contributed by atoms with Crippen LogP contribution in [0.2, 0.25) is 0 Å². The van der Waals surface area contributed by atoms with Crippen LogP contribution in [0.5, 0.6) is 17.2 Å². The quantitative estimate of drug-likeness (QED) is 0.608. The fourth-order valence-electron chi connectivity index (χ4n) is 3.19. The van der Waals surface area contributed by atoms with Crippen LogP contribution in [0.3, 0.4) is 0 Å². The summed E-state index contributed by atoms with van der Waals surface area (Å²) in [7, 11) is 3.17. The predicted octanol–water partition coefficient (Wildman–Crippen LogP) is 4.09. The zero-order chi connectivity index (χ0) is 20.9. The zero-order valence-electron chi connectivity index (χ0n) is 16.9. The van der Waals surface area contributed by atoms with Gasteiger partial charge in [0.15, 0.2) is 11.5 Å². The van der Waals surface area contributed by atoms with Crippen molar-refractivity contribution in [2.45, 2.75) is 19.4 Å². The van der Waals surface area contributed by atoms with E-state index in [0.29, 0.717) is 17.2 Å². The zero-order valence-corrected chi connectivity index (χ0v) is 16.9. The van der Waals surface area contributed by atoms with Crippen molar-refractivity contribution in [2.24, 2.45) is 5.92 Å². The number of methoxy groups -OCH3 is 2. The van der Waals surface area contributed by atoms with Crippen molar-refractivity contribution in [1.29, 1.82) is 0 Å². The molecule has 0 atom stereocenters. The highest BCUT2D eigenvalue weighted by atomic mass is 16.5. The van der Waals surface area contributed by atoms with Crippen LogP contribution in [0.4, 0.5) is 5.69 Å². The highest BCUT2D eigenvalue weighted by Crippen LogP contribution is 2.35. The first-order chi connectivity index (χ1) is 14.7. The molecular weight excluding hydrogens is 382 g/mol. The van der Waals surface area contributed by atoms with E-state index in [9.17, 15) is 4.79 Å². The standard InChI is InChI=1S/C23H23N3O4/c1-28-21-9-8-16(12-22(21)29-2)30-13-18-17(19-10-11-24-14-25-19)4-3-5-20(18)26-23(27)15-6-7-15/h3-5,8-12,14-15H,6-7,13H2,1-2H3,(H,26,27). The maximum Gasteiger partial charge on any atom is 0.227 e. The monoisotopic (exact) mass is 405 g/mol. The number of amides is 1. The van der Waals surface area contributed by atoms with E-state index in [-0.39, 0.29) is 18.4 Å². The Morgan fingerprint density at radius 3 is 2.63 bits per heavy atom. The summed E-state index contributed by atoms with van der Waals surface area (Å²) in [6.07, 6.45) is 5.07. The molecule has 1 aliphatic carbocycles. The summed E-state index contributed by atoms with van der Waals surface area (Å²) in [4.78, 5) is 20.8. The molecule has 7 nitrogen and oxygen atoms in total. The van der Waals surface area contributed by atoms with E-state index in [1.807, 2.05) is 30.3 Å². The molecule has 1 heterocycles. The molecule has 30 heavy (non-hydrogen) atoms. The Balaban J connectivity index is 1.65. The van der Waals surface area contributed by atoms with Crippen molar-refractivity contribution in [3.05, 3.63) is 60.6 Å². The number of aromatic nitrogens is 2. The molecule has 0 spiro atoms. The Morgan fingerprint density at radius 1 is 1.10 bits per heavy atom. The first-order valence-corrected chi connectivity index (χ1v) is 9.73. The third kappa shape index (κ3) is 4.35. The molecule has 3 aromatic rings. The molecule has 154 valence electrons. The van der Waals surface area contributed by atoms with E-state index >= 15 is 0 Å². The first-order valence-electron chi connectivity index (χ1n) is 9.73. The number of nitrogens with one attached hydrogen (secondary N) is 1. The Labute approximate surface area is 175 Å². The van der Waals surface area contributed by atoms with Crippen molar-refractivity contribution in [3.63, 3.8) is 0 Å². The van der Waals surface area contributed by atoms with Gasteiger partial charge in [-0.2, -0.15) is 0 Å². The SMILES string of the molecule is COc1ccc(OCc2c(NC(=O)C3CC3)cccc2-c2ccncn2)cc1OC. The summed E-state index contributed by atoms with van der Waals surface area (Å²) >= 11 is 0. The van der Waals surface area contributed by atoms with Crippen molar-refractivity contribution in [3.8, 4) is 28.5 Å². The van der Waals surface area contributed by atoms with E-state index < -0.39 is 0 Å². The van der Waals surface area contributed by atoms with Gasteiger partial charge in [-0.15, -0.1) is 0 Å². The number of carbonyl (C=O) groups excluding carboxylic acids is 1. The Kier molecular flexibility index (Phi) is 5.79. The van der Waals surface area contributed by atoms with E-state index in [0.717, 1.165) is 35.3 Å². The highest BCUT2D eigenvalue weighted by Gasteiger charge is 2.30. The molecule has 0 bridgehead atoms. The van der Waals surface area contributed by atoms with Gasteiger partial charge in [0, 0.05) is 35.0 Å². The molecule has 0 unspecified atom stereocenters. The molecule has 1 amide bonds. The van der Waals surface area contributed by atoms with Crippen LogP contribution in [-0.2, 0) is 11.4 Å². The number of nitrogens with zero attached hydrogens (tertiary/aromatic N) is 2.